The molecule has 0 radical (unpaired) electrons. The van der Waals surface area contributed by atoms with Gasteiger partial charge < -0.3 is 5.73 Å². The van der Waals surface area contributed by atoms with Crippen molar-refractivity contribution in [1.29, 1.82) is 0 Å². The van der Waals surface area contributed by atoms with Gasteiger partial charge in [-0.05, 0) is 37.6 Å². The van der Waals surface area contributed by atoms with Crippen LogP contribution in [0.3, 0.4) is 0 Å². The highest BCUT2D eigenvalue weighted by molar-refractivity contribution is 7.99. The summed E-state index contributed by atoms with van der Waals surface area (Å²) in [5.74, 6) is 0. The molecule has 0 spiro atoms. The second kappa shape index (κ2) is 5.80. The van der Waals surface area contributed by atoms with Crippen LogP contribution in [0.2, 0.25) is 0 Å². The van der Waals surface area contributed by atoms with Gasteiger partial charge in [-0.1, -0.05) is 29.5 Å². The molecule has 0 aliphatic carbocycles. The minimum atomic E-state index is 0.667. The minimum Gasteiger partial charge on any atom is -0.330 e. The van der Waals surface area contributed by atoms with Crippen molar-refractivity contribution in [2.75, 3.05) is 6.54 Å². The van der Waals surface area contributed by atoms with Crippen LogP contribution in [0.4, 0.5) is 0 Å². The standard InChI is InChI=1S/C13H15N3S/c1-10-2-3-12(11(8-10)4-6-14)17-13-5-7-15-9-16-13/h2-3,5,7-9H,4,6,14H2,1H3. The van der Waals surface area contributed by atoms with Crippen molar-refractivity contribution in [3.05, 3.63) is 47.9 Å². The molecule has 1 heterocycles. The van der Waals surface area contributed by atoms with E-state index in [0.717, 1.165) is 11.4 Å². The average Bonchev–Trinajstić information content (AvgIpc) is 2.34. The summed E-state index contributed by atoms with van der Waals surface area (Å²) in [5, 5.41) is 0.960. The van der Waals surface area contributed by atoms with E-state index in [1.807, 2.05) is 6.07 Å². The summed E-state index contributed by atoms with van der Waals surface area (Å²) in [6.07, 6.45) is 4.22. The first-order chi connectivity index (χ1) is 8.29. The first-order valence-corrected chi connectivity index (χ1v) is 6.34. The number of aryl methyl sites for hydroxylation is 1. The molecular weight excluding hydrogens is 230 g/mol. The molecule has 0 saturated carbocycles. The minimum absolute atomic E-state index is 0.667. The topological polar surface area (TPSA) is 51.8 Å². The van der Waals surface area contributed by atoms with Gasteiger partial charge in [0.05, 0.1) is 0 Å². The molecule has 3 nitrogen and oxygen atoms in total. The summed E-state index contributed by atoms with van der Waals surface area (Å²) < 4.78 is 0. The van der Waals surface area contributed by atoms with Crippen molar-refractivity contribution in [2.24, 2.45) is 5.73 Å². The van der Waals surface area contributed by atoms with Gasteiger partial charge in [0.2, 0.25) is 0 Å². The number of benzene rings is 1. The molecule has 1 aromatic carbocycles. The maximum Gasteiger partial charge on any atom is 0.116 e. The molecule has 2 N–H and O–H groups in total. The van der Waals surface area contributed by atoms with Crippen LogP contribution in [-0.4, -0.2) is 16.5 Å². The Labute approximate surface area is 105 Å². The van der Waals surface area contributed by atoms with E-state index in [0.29, 0.717) is 6.54 Å². The Hall–Kier alpha value is -1.39. The Morgan fingerprint density at radius 2 is 2.18 bits per heavy atom. The Morgan fingerprint density at radius 3 is 2.88 bits per heavy atom. The van der Waals surface area contributed by atoms with Crippen LogP contribution in [0.1, 0.15) is 11.1 Å². The molecule has 0 aliphatic heterocycles. The van der Waals surface area contributed by atoms with E-state index >= 15 is 0 Å². The smallest absolute Gasteiger partial charge is 0.116 e. The molecule has 0 aliphatic rings. The highest BCUT2D eigenvalue weighted by Gasteiger charge is 2.05. The fourth-order valence-corrected chi connectivity index (χ4v) is 2.49. The largest absolute Gasteiger partial charge is 0.330 e. The molecule has 0 atom stereocenters. The lowest BCUT2D eigenvalue weighted by molar-refractivity contribution is 0.940. The second-order valence-corrected chi connectivity index (χ2v) is 4.86. The zero-order chi connectivity index (χ0) is 12.1. The Bertz CT molecular complexity index is 485. The lowest BCUT2D eigenvalue weighted by Crippen LogP contribution is -2.04. The van der Waals surface area contributed by atoms with Crippen LogP contribution in [-0.2, 0) is 6.42 Å². The number of nitrogens with zero attached hydrogens (tertiary/aromatic N) is 2. The Morgan fingerprint density at radius 1 is 1.29 bits per heavy atom. The number of hydrogen-bond acceptors (Lipinski definition) is 4. The van der Waals surface area contributed by atoms with Crippen molar-refractivity contribution in [3.8, 4) is 0 Å². The monoisotopic (exact) mass is 245 g/mol. The van der Waals surface area contributed by atoms with Crippen LogP contribution in [0.15, 0.2) is 46.7 Å². The van der Waals surface area contributed by atoms with Crippen molar-refractivity contribution in [1.82, 2.24) is 9.97 Å². The maximum atomic E-state index is 5.64. The summed E-state index contributed by atoms with van der Waals surface area (Å²) in [7, 11) is 0. The van der Waals surface area contributed by atoms with Gasteiger partial charge >= 0.3 is 0 Å². The van der Waals surface area contributed by atoms with Crippen LogP contribution in [0.5, 0.6) is 0 Å². The van der Waals surface area contributed by atoms with Gasteiger partial charge in [-0.15, -0.1) is 0 Å². The fourth-order valence-electron chi connectivity index (χ4n) is 1.61. The summed E-state index contributed by atoms with van der Waals surface area (Å²) in [6.45, 7) is 2.76. The third kappa shape index (κ3) is 3.28. The molecule has 1 aromatic heterocycles. The van der Waals surface area contributed by atoms with Gasteiger partial charge in [0.15, 0.2) is 0 Å². The van der Waals surface area contributed by atoms with E-state index in [9.17, 15) is 0 Å². The van der Waals surface area contributed by atoms with E-state index in [-0.39, 0.29) is 0 Å². The van der Waals surface area contributed by atoms with E-state index in [2.05, 4.69) is 35.1 Å². The number of hydrogen-bond donors (Lipinski definition) is 1. The fraction of sp³-hybridized carbons (Fsp3) is 0.231. The Kier molecular flexibility index (Phi) is 4.12. The van der Waals surface area contributed by atoms with Crippen molar-refractivity contribution >= 4 is 11.8 Å². The van der Waals surface area contributed by atoms with Gasteiger partial charge in [0, 0.05) is 11.1 Å². The van der Waals surface area contributed by atoms with E-state index < -0.39 is 0 Å². The molecule has 0 unspecified atom stereocenters. The van der Waals surface area contributed by atoms with E-state index in [1.54, 1.807) is 24.3 Å². The van der Waals surface area contributed by atoms with Crippen molar-refractivity contribution in [2.45, 2.75) is 23.3 Å². The number of nitrogens with two attached hydrogens (primary N) is 1. The van der Waals surface area contributed by atoms with E-state index in [1.165, 1.54) is 16.0 Å². The highest BCUT2D eigenvalue weighted by Crippen LogP contribution is 2.29. The molecule has 2 rings (SSSR count). The molecule has 2 aromatic rings. The van der Waals surface area contributed by atoms with Crippen LogP contribution in [0, 0.1) is 6.92 Å². The maximum absolute atomic E-state index is 5.64. The van der Waals surface area contributed by atoms with Gasteiger partial charge in [0.1, 0.15) is 11.4 Å². The lowest BCUT2D eigenvalue weighted by atomic mass is 10.1. The summed E-state index contributed by atoms with van der Waals surface area (Å²) in [4.78, 5) is 9.36. The molecule has 0 amide bonds. The van der Waals surface area contributed by atoms with Gasteiger partial charge in [0.25, 0.3) is 0 Å². The molecule has 0 fully saturated rings. The normalized spacial score (nSPS) is 10.5. The average molecular weight is 245 g/mol. The first-order valence-electron chi connectivity index (χ1n) is 5.53. The van der Waals surface area contributed by atoms with Crippen LogP contribution >= 0.6 is 11.8 Å². The first kappa shape index (κ1) is 12.1. The highest BCUT2D eigenvalue weighted by atomic mass is 32.2. The summed E-state index contributed by atoms with van der Waals surface area (Å²) >= 11 is 1.66. The second-order valence-electron chi connectivity index (χ2n) is 3.80. The molecule has 4 heteroatoms. The molecule has 0 saturated heterocycles. The molecule has 88 valence electrons. The van der Waals surface area contributed by atoms with Crippen LogP contribution in [0.25, 0.3) is 0 Å². The third-order valence-corrected chi connectivity index (χ3v) is 3.47. The quantitative estimate of drug-likeness (QED) is 0.841. The van der Waals surface area contributed by atoms with E-state index in [4.69, 9.17) is 5.73 Å². The van der Waals surface area contributed by atoms with Crippen LogP contribution < -0.4 is 5.73 Å². The molecule has 17 heavy (non-hydrogen) atoms. The van der Waals surface area contributed by atoms with Crippen molar-refractivity contribution in [3.63, 3.8) is 0 Å². The predicted octanol–water partition coefficient (Wildman–Crippen LogP) is 2.44. The number of aromatic nitrogens is 2. The Balaban J connectivity index is 2.26. The summed E-state index contributed by atoms with van der Waals surface area (Å²) in [5.41, 5.74) is 8.19. The number of rotatable bonds is 4. The molecular formula is C13H15N3S. The van der Waals surface area contributed by atoms with Crippen molar-refractivity contribution < 1.29 is 0 Å². The third-order valence-electron chi connectivity index (χ3n) is 2.40. The van der Waals surface area contributed by atoms with Gasteiger partial charge in [-0.3, -0.25) is 0 Å². The van der Waals surface area contributed by atoms with Gasteiger partial charge in [-0.2, -0.15) is 0 Å². The summed E-state index contributed by atoms with van der Waals surface area (Å²) in [6, 6.07) is 8.35. The SMILES string of the molecule is Cc1ccc(Sc2ccncn2)c(CCN)c1. The van der Waals surface area contributed by atoms with Gasteiger partial charge in [-0.25, -0.2) is 9.97 Å². The molecule has 0 bridgehead atoms. The zero-order valence-electron chi connectivity index (χ0n) is 9.76. The predicted molar refractivity (Wildman–Crippen MR) is 70.1 cm³/mol. The lowest BCUT2D eigenvalue weighted by Gasteiger charge is -2.08. The zero-order valence-corrected chi connectivity index (χ0v) is 10.6.